The summed E-state index contributed by atoms with van der Waals surface area (Å²) in [5.41, 5.74) is 0. The van der Waals surface area contributed by atoms with E-state index >= 15 is 0 Å². The molecule has 0 bridgehead atoms. The topological polar surface area (TPSA) is 108 Å². The lowest BCUT2D eigenvalue weighted by Crippen LogP contribution is -2.45. The van der Waals surface area contributed by atoms with Crippen LogP contribution in [0.1, 0.15) is 328 Å². The number of phosphoric acid groups is 1. The van der Waals surface area contributed by atoms with Crippen LogP contribution in [0.3, 0.4) is 0 Å². The maximum Gasteiger partial charge on any atom is 0.268 e. The summed E-state index contributed by atoms with van der Waals surface area (Å²) in [6.07, 6.45) is 87.4. The first-order valence-corrected chi connectivity index (χ1v) is 36.3. The fourth-order valence-electron chi connectivity index (χ4n) is 10.2. The first kappa shape index (κ1) is 78.9. The lowest BCUT2D eigenvalue weighted by atomic mass is 10.0. The summed E-state index contributed by atoms with van der Waals surface area (Å²) in [7, 11) is 1.24. The van der Waals surface area contributed by atoms with Gasteiger partial charge in [0.15, 0.2) is 0 Å². The highest BCUT2D eigenvalue weighted by Crippen LogP contribution is 2.38. The molecule has 0 saturated carbocycles. The zero-order valence-electron chi connectivity index (χ0n) is 54.2. The van der Waals surface area contributed by atoms with Crippen molar-refractivity contribution < 1.29 is 32.9 Å². The molecule has 0 aromatic heterocycles. The Bertz CT molecular complexity index is 1550. The largest absolute Gasteiger partial charge is 0.756 e. The molecule has 474 valence electrons. The van der Waals surface area contributed by atoms with E-state index in [0.717, 1.165) is 57.8 Å². The number of carbonyl (C=O) groups excluding carboxylic acids is 1. The summed E-state index contributed by atoms with van der Waals surface area (Å²) in [6.45, 7) is 4.65. The molecule has 0 fully saturated rings. The summed E-state index contributed by atoms with van der Waals surface area (Å²) in [5, 5.41) is 13.9. The van der Waals surface area contributed by atoms with Gasteiger partial charge in [0.1, 0.15) is 13.2 Å². The fraction of sp³-hybridized carbons (Fsp3) is 0.819. The van der Waals surface area contributed by atoms with E-state index in [4.69, 9.17) is 9.05 Å². The van der Waals surface area contributed by atoms with Crippen LogP contribution < -0.4 is 10.2 Å². The molecule has 3 unspecified atom stereocenters. The molecule has 0 aliphatic rings. The normalized spacial score (nSPS) is 14.1. The summed E-state index contributed by atoms with van der Waals surface area (Å²) < 4.78 is 23.4. The Morgan fingerprint density at radius 2 is 0.728 bits per heavy atom. The molecule has 0 aliphatic heterocycles. The van der Waals surface area contributed by atoms with E-state index in [-0.39, 0.29) is 12.5 Å². The van der Waals surface area contributed by atoms with Crippen molar-refractivity contribution in [2.75, 3.05) is 40.9 Å². The number of hydrogen-bond donors (Lipinski definition) is 2. The Labute approximate surface area is 504 Å². The van der Waals surface area contributed by atoms with Crippen LogP contribution in [-0.2, 0) is 18.4 Å². The molecule has 1 amide bonds. The smallest absolute Gasteiger partial charge is 0.268 e. The van der Waals surface area contributed by atoms with E-state index < -0.39 is 26.6 Å². The minimum Gasteiger partial charge on any atom is -0.756 e. The molecule has 0 radical (unpaired) electrons. The SMILES string of the molecule is CCCCCCC/C=C\C/C=C\C/C=C\CCCCCCCCCCCCCCCCCCCCC(=O)NC(COP(=O)([O-])OCC[N+](C)(C)C)C(O)/C=C/CC/C=C/CC/C=C/CCCCCCCCCCCCCCCCCC. The van der Waals surface area contributed by atoms with Crippen LogP contribution in [0.15, 0.2) is 72.9 Å². The number of nitrogens with one attached hydrogen (secondary N) is 1. The van der Waals surface area contributed by atoms with Crippen LogP contribution in [0.2, 0.25) is 0 Å². The van der Waals surface area contributed by atoms with Gasteiger partial charge in [-0.3, -0.25) is 9.36 Å². The van der Waals surface area contributed by atoms with Crippen LogP contribution in [0.5, 0.6) is 0 Å². The summed E-state index contributed by atoms with van der Waals surface area (Å²) >= 11 is 0. The first-order chi connectivity index (χ1) is 39.5. The van der Waals surface area contributed by atoms with Gasteiger partial charge >= 0.3 is 0 Å². The number of nitrogens with zero attached hydrogens (tertiary/aromatic N) is 1. The number of phosphoric ester groups is 1. The van der Waals surface area contributed by atoms with Gasteiger partial charge in [0.05, 0.1) is 39.9 Å². The van der Waals surface area contributed by atoms with Crippen molar-refractivity contribution in [3.63, 3.8) is 0 Å². The lowest BCUT2D eigenvalue weighted by molar-refractivity contribution is -0.870. The van der Waals surface area contributed by atoms with E-state index in [9.17, 15) is 19.4 Å². The Balaban J connectivity index is 4.12. The highest BCUT2D eigenvalue weighted by atomic mass is 31.2. The first-order valence-electron chi connectivity index (χ1n) is 34.8. The number of allylic oxidation sites excluding steroid dienone is 11. The monoisotopic (exact) mass is 1160 g/mol. The molecule has 0 aliphatic carbocycles. The number of hydrogen-bond acceptors (Lipinski definition) is 6. The van der Waals surface area contributed by atoms with E-state index in [1.165, 1.54) is 250 Å². The van der Waals surface area contributed by atoms with Crippen molar-refractivity contribution in [1.82, 2.24) is 5.32 Å². The molecule has 0 aromatic carbocycles. The van der Waals surface area contributed by atoms with Crippen LogP contribution in [0.4, 0.5) is 0 Å². The fourth-order valence-corrected chi connectivity index (χ4v) is 10.9. The average Bonchev–Trinajstić information content (AvgIpc) is 3.43. The van der Waals surface area contributed by atoms with Crippen molar-refractivity contribution in [3.05, 3.63) is 72.9 Å². The summed E-state index contributed by atoms with van der Waals surface area (Å²) in [5.74, 6) is -0.208. The quantitative estimate of drug-likeness (QED) is 0.0272. The molecule has 3 atom stereocenters. The van der Waals surface area contributed by atoms with Gasteiger partial charge in [-0.2, -0.15) is 0 Å². The van der Waals surface area contributed by atoms with Gasteiger partial charge in [-0.25, -0.2) is 0 Å². The third-order valence-corrected chi connectivity index (χ3v) is 16.6. The van der Waals surface area contributed by atoms with Gasteiger partial charge in [-0.15, -0.1) is 0 Å². The second kappa shape index (κ2) is 62.5. The van der Waals surface area contributed by atoms with Crippen molar-refractivity contribution in [2.24, 2.45) is 0 Å². The third-order valence-electron chi connectivity index (χ3n) is 15.6. The molecule has 0 aromatic rings. The molecule has 0 rings (SSSR count). The average molecular weight is 1160 g/mol. The minimum atomic E-state index is -4.62. The second-order valence-electron chi connectivity index (χ2n) is 24.9. The standard InChI is InChI=1S/C72H135N2O6P/c1-6-8-10-12-14-16-18-20-22-24-26-28-30-32-34-35-36-37-38-39-40-42-44-46-48-50-52-54-56-58-60-62-64-66-72(76)73-70(69-80-81(77,78)79-68-67-74(3,4)5)71(75)65-63-61-59-57-55-53-51-49-47-45-43-41-33-31-29-27-25-23-21-19-17-15-13-11-9-7-2/h18,20,24,26,30,32,47,49,55,57,63,65,70-71,75H,6-17,19,21-23,25,27-29,31,33-46,48,50-54,56,58-62,64,66-69H2,1-5H3,(H-,73,76,77,78)/b20-18-,26-24-,32-30-,49-47+,57-55+,65-63+. The van der Waals surface area contributed by atoms with Crippen molar-refractivity contribution in [1.29, 1.82) is 0 Å². The van der Waals surface area contributed by atoms with Crippen molar-refractivity contribution >= 4 is 13.7 Å². The maximum absolute atomic E-state index is 13.0. The number of carbonyl (C=O) groups is 1. The third kappa shape index (κ3) is 65.3. The van der Waals surface area contributed by atoms with Gasteiger partial charge in [0.2, 0.25) is 5.91 Å². The summed E-state index contributed by atoms with van der Waals surface area (Å²) in [4.78, 5) is 25.6. The minimum absolute atomic E-state index is 0.00995. The Kier molecular flexibility index (Phi) is 60.9. The van der Waals surface area contributed by atoms with Crippen LogP contribution in [0.25, 0.3) is 0 Å². The maximum atomic E-state index is 13.0. The van der Waals surface area contributed by atoms with E-state index in [0.29, 0.717) is 17.4 Å². The molecular formula is C72H135N2O6P. The molecular weight excluding hydrogens is 1020 g/mol. The molecule has 0 spiro atoms. The van der Waals surface area contributed by atoms with Gasteiger partial charge in [-0.1, -0.05) is 311 Å². The van der Waals surface area contributed by atoms with Crippen LogP contribution in [-0.4, -0.2) is 68.5 Å². The van der Waals surface area contributed by atoms with Gasteiger partial charge in [0, 0.05) is 6.42 Å². The lowest BCUT2D eigenvalue weighted by Gasteiger charge is -2.29. The van der Waals surface area contributed by atoms with E-state index in [1.54, 1.807) is 6.08 Å². The van der Waals surface area contributed by atoms with E-state index in [1.807, 2.05) is 27.2 Å². The molecule has 8 nitrogen and oxygen atoms in total. The van der Waals surface area contributed by atoms with Gasteiger partial charge in [-0.05, 0) is 83.5 Å². The summed E-state index contributed by atoms with van der Waals surface area (Å²) in [6, 6.07) is -0.914. The molecule has 0 heterocycles. The second-order valence-corrected chi connectivity index (χ2v) is 26.3. The van der Waals surface area contributed by atoms with Gasteiger partial charge in [0.25, 0.3) is 7.82 Å². The predicted octanol–water partition coefficient (Wildman–Crippen LogP) is 21.5. The molecule has 2 N–H and O–H groups in total. The number of rotatable bonds is 64. The molecule has 9 heteroatoms. The van der Waals surface area contributed by atoms with Crippen LogP contribution >= 0.6 is 7.82 Å². The van der Waals surface area contributed by atoms with E-state index in [2.05, 4.69) is 79.9 Å². The number of quaternary nitrogens is 1. The Morgan fingerprint density at radius 3 is 1.09 bits per heavy atom. The zero-order chi connectivity index (χ0) is 59.1. The molecule has 0 saturated heterocycles. The number of aliphatic hydroxyl groups is 1. The van der Waals surface area contributed by atoms with Gasteiger partial charge < -0.3 is 28.8 Å². The highest BCUT2D eigenvalue weighted by Gasteiger charge is 2.23. The number of likely N-dealkylation sites (N-methyl/N-ethyl adjacent to an activating group) is 1. The molecule has 81 heavy (non-hydrogen) atoms. The van der Waals surface area contributed by atoms with Crippen molar-refractivity contribution in [3.8, 4) is 0 Å². The predicted molar refractivity (Wildman–Crippen MR) is 353 cm³/mol. The Hall–Kier alpha value is -2.06. The number of aliphatic hydroxyl groups excluding tert-OH is 1. The highest BCUT2D eigenvalue weighted by molar-refractivity contribution is 7.45. The van der Waals surface area contributed by atoms with Crippen molar-refractivity contribution in [2.45, 2.75) is 341 Å². The number of unbranched alkanes of at least 4 members (excludes halogenated alkanes) is 41. The zero-order valence-corrected chi connectivity index (χ0v) is 55.1. The Morgan fingerprint density at radius 1 is 0.432 bits per heavy atom. The van der Waals surface area contributed by atoms with Crippen LogP contribution in [0, 0.1) is 0 Å². The number of amides is 1.